The van der Waals surface area contributed by atoms with Crippen LogP contribution in [0, 0.1) is 0 Å². The highest BCUT2D eigenvalue weighted by molar-refractivity contribution is 8.28. The van der Waals surface area contributed by atoms with Crippen LogP contribution in [0.5, 0.6) is 5.75 Å². The number of nitrogens with two attached hydrogens (primary N) is 1. The second-order valence-electron chi connectivity index (χ2n) is 7.49. The number of hydrogen-bond donors (Lipinski definition) is 2. The maximum atomic E-state index is 13.0. The molecule has 0 saturated heterocycles. The molecule has 8 nitrogen and oxygen atoms in total. The van der Waals surface area contributed by atoms with Gasteiger partial charge in [-0.1, -0.05) is 6.92 Å². The van der Waals surface area contributed by atoms with E-state index in [0.717, 1.165) is 12.4 Å². The van der Waals surface area contributed by atoms with Gasteiger partial charge in [0.05, 0.1) is 6.20 Å². The zero-order chi connectivity index (χ0) is 23.2. The van der Waals surface area contributed by atoms with Crippen LogP contribution in [-0.4, -0.2) is 47.4 Å². The topological polar surface area (TPSA) is 116 Å². The summed E-state index contributed by atoms with van der Waals surface area (Å²) >= 11 is 0. The van der Waals surface area contributed by atoms with E-state index in [9.17, 15) is 22.5 Å². The van der Waals surface area contributed by atoms with Crippen molar-refractivity contribution in [3.63, 3.8) is 0 Å². The van der Waals surface area contributed by atoms with E-state index < -0.39 is 33.7 Å². The average molecular weight is 457 g/mol. The molecule has 1 unspecified atom stereocenters. The second kappa shape index (κ2) is 7.68. The molecule has 168 valence electrons. The molecule has 3 aromatic rings. The summed E-state index contributed by atoms with van der Waals surface area (Å²) in [7, 11) is -2.35. The monoisotopic (exact) mass is 457 g/mol. The van der Waals surface area contributed by atoms with E-state index >= 15 is 0 Å². The fourth-order valence-electron chi connectivity index (χ4n) is 2.67. The van der Waals surface area contributed by atoms with Crippen LogP contribution in [-0.2, 0) is 11.0 Å². The molecule has 0 saturated carbocycles. The molecule has 3 aromatic heterocycles. The summed E-state index contributed by atoms with van der Waals surface area (Å²) in [4.78, 5) is 24.0. The van der Waals surface area contributed by atoms with E-state index in [2.05, 4.69) is 15.0 Å². The third kappa shape index (κ3) is 4.59. The number of imidazole rings is 1. The molecule has 12 heteroatoms. The van der Waals surface area contributed by atoms with E-state index in [4.69, 9.17) is 10.5 Å². The Morgan fingerprint density at radius 2 is 1.97 bits per heavy atom. The highest BCUT2D eigenvalue weighted by atomic mass is 32.3. The predicted octanol–water partition coefficient (Wildman–Crippen LogP) is 3.74. The first kappa shape index (κ1) is 22.8. The molecule has 1 amide bonds. The molecule has 0 bridgehead atoms. The van der Waals surface area contributed by atoms with Crippen LogP contribution in [0.3, 0.4) is 0 Å². The minimum absolute atomic E-state index is 0.0337. The van der Waals surface area contributed by atoms with Crippen LogP contribution in [0.4, 0.5) is 13.2 Å². The summed E-state index contributed by atoms with van der Waals surface area (Å²) < 4.78 is 56.9. The van der Waals surface area contributed by atoms with Crippen LogP contribution in [0.1, 0.15) is 26.5 Å². The molecule has 0 fully saturated rings. The Morgan fingerprint density at radius 3 is 2.55 bits per heavy atom. The van der Waals surface area contributed by atoms with Gasteiger partial charge in [-0.3, -0.25) is 9.20 Å². The summed E-state index contributed by atoms with van der Waals surface area (Å²) in [5.41, 5.74) is 3.57. The van der Waals surface area contributed by atoms with Gasteiger partial charge in [-0.15, -0.1) is 10.3 Å². The van der Waals surface area contributed by atoms with Gasteiger partial charge in [0.2, 0.25) is 0 Å². The summed E-state index contributed by atoms with van der Waals surface area (Å²) in [6.45, 7) is 4.80. The van der Waals surface area contributed by atoms with E-state index in [0.29, 0.717) is 16.3 Å². The second-order valence-corrected chi connectivity index (χ2v) is 10.6. The third-order valence-corrected chi connectivity index (χ3v) is 7.09. The van der Waals surface area contributed by atoms with Crippen molar-refractivity contribution >= 4 is 21.9 Å². The molecule has 0 aliphatic heterocycles. The zero-order valence-electron chi connectivity index (χ0n) is 17.3. The maximum absolute atomic E-state index is 13.0. The molecule has 3 rings (SSSR count). The molecule has 0 aliphatic rings. The number of aromatic nitrogens is 4. The van der Waals surface area contributed by atoms with E-state index in [-0.39, 0.29) is 17.1 Å². The van der Waals surface area contributed by atoms with Crippen molar-refractivity contribution in [2.24, 2.45) is 5.73 Å². The number of hydrogen-bond acceptors (Lipinski definition) is 6. The highest BCUT2D eigenvalue weighted by Crippen LogP contribution is 2.52. The Morgan fingerprint density at radius 1 is 1.29 bits per heavy atom. The first-order valence-corrected chi connectivity index (χ1v) is 11.3. The van der Waals surface area contributed by atoms with Crippen molar-refractivity contribution in [3.05, 3.63) is 36.5 Å². The van der Waals surface area contributed by atoms with Crippen LogP contribution in [0.25, 0.3) is 17.0 Å². The van der Waals surface area contributed by atoms with Crippen molar-refractivity contribution < 1.29 is 27.3 Å². The molecule has 0 spiro atoms. The summed E-state index contributed by atoms with van der Waals surface area (Å²) in [6, 6.07) is 2.39. The lowest BCUT2D eigenvalue weighted by atomic mass is 10.1. The molecule has 0 aliphatic carbocycles. The number of halogens is 3. The Kier molecular flexibility index (Phi) is 5.65. The summed E-state index contributed by atoms with van der Waals surface area (Å²) in [5, 5.41) is 0. The number of carbonyl (C=O) groups is 1. The minimum atomic E-state index is -4.60. The van der Waals surface area contributed by atoms with Crippen LogP contribution < -0.4 is 10.5 Å². The lowest BCUT2D eigenvalue weighted by molar-refractivity contribution is -0.141. The standard InChI is InChI=1S/C19H22F3N5O3S/c1-5-31(4,29)13-6-11(30-18(2,3)17(23)28)8-24-16(13)12-9-27-10-25-14(19(20,21)22)7-15(27)26-12/h6-10,29H,5H2,1-4H3,(H2,23,28). The Balaban J connectivity index is 2.13. The van der Waals surface area contributed by atoms with Gasteiger partial charge < -0.3 is 15.0 Å². The van der Waals surface area contributed by atoms with Crippen molar-refractivity contribution in [3.8, 4) is 17.1 Å². The lowest BCUT2D eigenvalue weighted by Crippen LogP contribution is -2.43. The van der Waals surface area contributed by atoms with E-state index in [1.54, 1.807) is 19.2 Å². The van der Waals surface area contributed by atoms with Gasteiger partial charge in [0.1, 0.15) is 34.8 Å². The molecule has 0 radical (unpaired) electrons. The first-order valence-electron chi connectivity index (χ1n) is 9.14. The number of ether oxygens (including phenoxy) is 1. The van der Waals surface area contributed by atoms with Gasteiger partial charge in [0.25, 0.3) is 5.91 Å². The average Bonchev–Trinajstić information content (AvgIpc) is 3.10. The van der Waals surface area contributed by atoms with E-state index in [1.165, 1.54) is 30.6 Å². The third-order valence-electron chi connectivity index (χ3n) is 4.71. The van der Waals surface area contributed by atoms with Gasteiger partial charge >= 0.3 is 6.18 Å². The normalized spacial score (nSPS) is 15.5. The van der Waals surface area contributed by atoms with Gasteiger partial charge in [-0.05, 0) is 31.9 Å². The van der Waals surface area contributed by atoms with Gasteiger partial charge in [-0.2, -0.15) is 13.2 Å². The zero-order valence-corrected chi connectivity index (χ0v) is 18.1. The fraction of sp³-hybridized carbons (Fsp3) is 0.368. The quantitative estimate of drug-likeness (QED) is 0.583. The van der Waals surface area contributed by atoms with Crippen molar-refractivity contribution in [1.82, 2.24) is 19.4 Å². The fourth-order valence-corrected chi connectivity index (χ4v) is 3.93. The number of carbonyl (C=O) groups excluding carboxylic acids is 1. The molecule has 3 N–H and O–H groups in total. The Bertz CT molecular complexity index is 1140. The smallest absolute Gasteiger partial charge is 0.433 e. The van der Waals surface area contributed by atoms with Gasteiger partial charge in [0.15, 0.2) is 5.60 Å². The number of nitrogens with zero attached hydrogens (tertiary/aromatic N) is 4. The van der Waals surface area contributed by atoms with Crippen molar-refractivity contribution in [2.45, 2.75) is 37.4 Å². The molecule has 0 aromatic carbocycles. The predicted molar refractivity (Wildman–Crippen MR) is 110 cm³/mol. The highest BCUT2D eigenvalue weighted by Gasteiger charge is 2.33. The Labute approximate surface area is 177 Å². The number of alkyl halides is 3. The van der Waals surface area contributed by atoms with Crippen molar-refractivity contribution in [1.29, 1.82) is 0 Å². The first-order chi connectivity index (χ1) is 14.2. The largest absolute Gasteiger partial charge is 0.476 e. The summed E-state index contributed by atoms with van der Waals surface area (Å²) in [6.07, 6.45) is 0.895. The van der Waals surface area contributed by atoms with Crippen LogP contribution in [0.2, 0.25) is 0 Å². The molecular formula is C19H22F3N5O3S. The van der Waals surface area contributed by atoms with Gasteiger partial charge in [0, 0.05) is 17.2 Å². The van der Waals surface area contributed by atoms with E-state index in [1.807, 2.05) is 0 Å². The molecule has 31 heavy (non-hydrogen) atoms. The SMILES string of the molecule is CCS(C)(O)c1cc(OC(C)(C)C(N)=O)cnc1-c1cn2cnc(C(F)(F)F)cc2n1. The molecule has 3 heterocycles. The number of pyridine rings is 1. The lowest BCUT2D eigenvalue weighted by Gasteiger charge is -2.30. The Hall–Kier alpha value is -2.86. The molecule has 1 atom stereocenters. The van der Waals surface area contributed by atoms with Gasteiger partial charge in [-0.25, -0.2) is 15.0 Å². The van der Waals surface area contributed by atoms with Crippen LogP contribution >= 0.6 is 10.3 Å². The maximum Gasteiger partial charge on any atom is 0.433 e. The number of rotatable bonds is 6. The summed E-state index contributed by atoms with van der Waals surface area (Å²) in [5.74, 6) is -0.0769. The number of fused-ring (bicyclic) bond motifs is 1. The number of primary amides is 1. The minimum Gasteiger partial charge on any atom is -0.476 e. The number of amides is 1. The van der Waals surface area contributed by atoms with Crippen molar-refractivity contribution in [2.75, 3.05) is 12.0 Å². The van der Waals surface area contributed by atoms with Crippen LogP contribution in [0.15, 0.2) is 35.7 Å². The molecular weight excluding hydrogens is 435 g/mol.